The quantitative estimate of drug-likeness (QED) is 0.669. The Hall–Kier alpha value is -3.31. The second-order valence-electron chi connectivity index (χ2n) is 6.71. The van der Waals surface area contributed by atoms with Crippen molar-refractivity contribution in [2.24, 2.45) is 5.73 Å². The molecule has 5 nitrogen and oxygen atoms in total. The number of hydrogen-bond donors (Lipinski definition) is 1. The highest BCUT2D eigenvalue weighted by Gasteiger charge is 2.31. The molecule has 1 aromatic heterocycles. The lowest BCUT2D eigenvalue weighted by Gasteiger charge is -2.28. The highest BCUT2D eigenvalue weighted by atomic mass is 16.2. The Labute approximate surface area is 178 Å². The molecule has 4 rings (SSSR count). The summed E-state index contributed by atoms with van der Waals surface area (Å²) >= 11 is 0. The lowest BCUT2D eigenvalue weighted by molar-refractivity contribution is -0.108. The lowest BCUT2D eigenvalue weighted by atomic mass is 10.0. The van der Waals surface area contributed by atoms with E-state index in [0.29, 0.717) is 5.56 Å². The minimum atomic E-state index is -0.0768. The van der Waals surface area contributed by atoms with Gasteiger partial charge in [0.05, 0.1) is 12.6 Å². The van der Waals surface area contributed by atoms with Gasteiger partial charge < -0.3 is 15.4 Å². The third-order valence-corrected chi connectivity index (χ3v) is 4.97. The first-order chi connectivity index (χ1) is 14.7. The summed E-state index contributed by atoms with van der Waals surface area (Å²) in [5.41, 5.74) is 8.90. The normalized spacial score (nSPS) is 13.6. The zero-order chi connectivity index (χ0) is 21.8. The monoisotopic (exact) mass is 403 g/mol. The average Bonchev–Trinajstić information content (AvgIpc) is 3.26. The van der Waals surface area contributed by atoms with Crippen LogP contribution in [0.5, 0.6) is 0 Å². The molecular formula is C25H29N3O2. The van der Waals surface area contributed by atoms with Gasteiger partial charge in [-0.25, -0.2) is 0 Å². The lowest BCUT2D eigenvalue weighted by Crippen LogP contribution is -2.35. The van der Waals surface area contributed by atoms with Crippen molar-refractivity contribution in [3.8, 4) is 0 Å². The fourth-order valence-corrected chi connectivity index (χ4v) is 3.63. The molecular weight excluding hydrogens is 374 g/mol. The van der Waals surface area contributed by atoms with Crippen molar-refractivity contribution in [3.05, 3.63) is 101 Å². The van der Waals surface area contributed by atoms with Gasteiger partial charge in [0, 0.05) is 18.0 Å². The molecule has 2 aromatic carbocycles. The molecule has 30 heavy (non-hydrogen) atoms. The molecule has 2 N–H and O–H groups in total. The van der Waals surface area contributed by atoms with Gasteiger partial charge >= 0.3 is 0 Å². The number of aryl methyl sites for hydroxylation is 1. The molecule has 1 atom stereocenters. The Morgan fingerprint density at radius 1 is 1.03 bits per heavy atom. The van der Waals surface area contributed by atoms with Crippen molar-refractivity contribution in [2.75, 3.05) is 13.6 Å². The number of aldehydes is 1. The number of nitrogens with zero attached hydrogens (tertiary/aromatic N) is 2. The molecule has 0 aliphatic heterocycles. The van der Waals surface area contributed by atoms with Crippen LogP contribution in [0.25, 0.3) is 0 Å². The predicted octanol–water partition coefficient (Wildman–Crippen LogP) is 3.98. The van der Waals surface area contributed by atoms with Crippen LogP contribution in [0, 0.1) is 6.92 Å². The van der Waals surface area contributed by atoms with E-state index >= 15 is 0 Å². The van der Waals surface area contributed by atoms with Gasteiger partial charge in [-0.05, 0) is 67.8 Å². The number of nitrogens with two attached hydrogens (primary N) is 1. The van der Waals surface area contributed by atoms with Crippen LogP contribution in [-0.2, 0) is 11.2 Å². The summed E-state index contributed by atoms with van der Waals surface area (Å²) in [6.07, 6.45) is 6.16. The van der Waals surface area contributed by atoms with Crippen molar-refractivity contribution in [2.45, 2.75) is 25.8 Å². The van der Waals surface area contributed by atoms with E-state index in [9.17, 15) is 9.59 Å². The van der Waals surface area contributed by atoms with Crippen LogP contribution in [0.3, 0.4) is 0 Å². The fraction of sp³-hybridized carbons (Fsp3) is 0.240. The van der Waals surface area contributed by atoms with Crippen molar-refractivity contribution in [1.82, 2.24) is 9.88 Å². The first-order valence-electron chi connectivity index (χ1n) is 10.0. The molecule has 1 amide bonds. The van der Waals surface area contributed by atoms with Gasteiger partial charge in [0.2, 0.25) is 0 Å². The summed E-state index contributed by atoms with van der Waals surface area (Å²) < 4.78 is 0. The van der Waals surface area contributed by atoms with Crippen LogP contribution in [0.4, 0.5) is 0 Å². The number of carbonyl (C=O) groups is 2. The van der Waals surface area contributed by atoms with E-state index in [2.05, 4.69) is 29.8 Å². The number of hydrogen-bond acceptors (Lipinski definition) is 4. The second kappa shape index (κ2) is 12.3. The predicted molar refractivity (Wildman–Crippen MR) is 120 cm³/mol. The van der Waals surface area contributed by atoms with E-state index in [0.717, 1.165) is 19.1 Å². The minimum absolute atomic E-state index is 0.00666. The van der Waals surface area contributed by atoms with E-state index in [-0.39, 0.29) is 18.5 Å². The van der Waals surface area contributed by atoms with Crippen molar-refractivity contribution >= 4 is 12.2 Å². The van der Waals surface area contributed by atoms with Crippen LogP contribution in [0.15, 0.2) is 79.1 Å². The third-order valence-electron chi connectivity index (χ3n) is 4.97. The van der Waals surface area contributed by atoms with Crippen LogP contribution in [0.2, 0.25) is 0 Å². The molecule has 5 heteroatoms. The molecule has 1 aliphatic rings. The van der Waals surface area contributed by atoms with Crippen molar-refractivity contribution in [1.29, 1.82) is 0 Å². The minimum Gasteiger partial charge on any atom is -0.333 e. The van der Waals surface area contributed by atoms with Crippen molar-refractivity contribution in [3.63, 3.8) is 0 Å². The smallest absolute Gasteiger partial charge is 0.254 e. The van der Waals surface area contributed by atoms with E-state index < -0.39 is 0 Å². The summed E-state index contributed by atoms with van der Waals surface area (Å²) in [4.78, 5) is 29.4. The summed E-state index contributed by atoms with van der Waals surface area (Å²) in [5, 5.41) is 0. The Morgan fingerprint density at radius 3 is 2.27 bits per heavy atom. The van der Waals surface area contributed by atoms with Crippen LogP contribution >= 0.6 is 0 Å². The molecule has 3 aromatic rings. The first-order valence-corrected chi connectivity index (χ1v) is 10.0. The zero-order valence-electron chi connectivity index (χ0n) is 17.6. The average molecular weight is 404 g/mol. The molecule has 1 unspecified atom stereocenters. The number of carbonyl (C=O) groups excluding carboxylic acids is 2. The standard InChI is InChI=1S/C19H19NO2.C5H5N.CH5N/c1-14-6-5-9-17-16(14)10-11-18(17)20(12-13-21)19(22)15-7-3-2-4-8-15;1-2-4-6-5-3-1;1-2/h2-9,13,18H,10-12H2,1H3;1-5H;2H2,1H3. The molecule has 0 fully saturated rings. The Balaban J connectivity index is 0.000000340. The molecule has 0 bridgehead atoms. The second-order valence-corrected chi connectivity index (χ2v) is 6.71. The number of rotatable bonds is 4. The first kappa shape index (κ1) is 23.0. The molecule has 1 heterocycles. The van der Waals surface area contributed by atoms with Gasteiger partial charge in [-0.1, -0.05) is 42.5 Å². The fourth-order valence-electron chi connectivity index (χ4n) is 3.63. The van der Waals surface area contributed by atoms with Crippen LogP contribution in [-0.4, -0.2) is 35.7 Å². The highest BCUT2D eigenvalue weighted by Crippen LogP contribution is 2.37. The molecule has 0 spiro atoms. The van der Waals surface area contributed by atoms with Crippen LogP contribution < -0.4 is 5.73 Å². The Bertz CT molecular complexity index is 887. The van der Waals surface area contributed by atoms with Gasteiger partial charge in [0.15, 0.2) is 0 Å². The summed E-state index contributed by atoms with van der Waals surface area (Å²) in [6, 6.07) is 21.1. The molecule has 0 saturated heterocycles. The Kier molecular flexibility index (Phi) is 9.42. The highest BCUT2D eigenvalue weighted by molar-refractivity contribution is 5.95. The molecule has 0 saturated carbocycles. The van der Waals surface area contributed by atoms with Crippen LogP contribution in [0.1, 0.15) is 39.5 Å². The van der Waals surface area contributed by atoms with E-state index in [4.69, 9.17) is 0 Å². The number of amides is 1. The van der Waals surface area contributed by atoms with Gasteiger partial charge in [-0.15, -0.1) is 0 Å². The maximum atomic E-state index is 12.8. The number of aromatic nitrogens is 1. The molecule has 0 radical (unpaired) electrons. The SMILES string of the molecule is CN.Cc1cccc2c1CCC2N(CC=O)C(=O)c1ccccc1.c1ccncc1. The summed E-state index contributed by atoms with van der Waals surface area (Å²) in [5.74, 6) is -0.0768. The van der Waals surface area contributed by atoms with E-state index in [1.807, 2.05) is 42.5 Å². The molecule has 1 aliphatic carbocycles. The van der Waals surface area contributed by atoms with Gasteiger partial charge in [-0.2, -0.15) is 0 Å². The summed E-state index contributed by atoms with van der Waals surface area (Å²) in [6.45, 7) is 2.23. The maximum absolute atomic E-state index is 12.8. The zero-order valence-corrected chi connectivity index (χ0v) is 17.6. The van der Waals surface area contributed by atoms with E-state index in [1.165, 1.54) is 23.7 Å². The number of fused-ring (bicyclic) bond motifs is 1. The molecule has 156 valence electrons. The van der Waals surface area contributed by atoms with E-state index in [1.54, 1.807) is 29.4 Å². The third kappa shape index (κ3) is 5.84. The number of pyridine rings is 1. The summed E-state index contributed by atoms with van der Waals surface area (Å²) in [7, 11) is 1.50. The Morgan fingerprint density at radius 2 is 1.70 bits per heavy atom. The topological polar surface area (TPSA) is 76.3 Å². The van der Waals surface area contributed by atoms with Gasteiger partial charge in [0.25, 0.3) is 5.91 Å². The number of benzene rings is 2. The van der Waals surface area contributed by atoms with Gasteiger partial charge in [-0.3, -0.25) is 9.78 Å². The maximum Gasteiger partial charge on any atom is 0.254 e. The van der Waals surface area contributed by atoms with Gasteiger partial charge in [0.1, 0.15) is 6.29 Å². The van der Waals surface area contributed by atoms with Crippen molar-refractivity contribution < 1.29 is 9.59 Å². The largest absolute Gasteiger partial charge is 0.333 e.